The summed E-state index contributed by atoms with van der Waals surface area (Å²) in [5.74, 6) is 0.691. The van der Waals surface area contributed by atoms with Crippen LogP contribution in [0.3, 0.4) is 0 Å². The molecule has 102 valence electrons. The Morgan fingerprint density at radius 1 is 1.41 bits per heavy atom. The Kier molecular flexibility index (Phi) is 5.42. The normalized spacial score (nSPS) is 33.0. The molecule has 1 heterocycles. The fraction of sp³-hybridized carbons (Fsp3) is 1.00. The molecule has 0 aliphatic carbocycles. The van der Waals surface area contributed by atoms with Crippen molar-refractivity contribution in [2.75, 3.05) is 26.7 Å². The first-order valence-corrected chi connectivity index (χ1v) is 6.94. The van der Waals surface area contributed by atoms with Gasteiger partial charge >= 0.3 is 0 Å². The zero-order valence-electron chi connectivity index (χ0n) is 12.4. The topological polar surface area (TPSA) is 24.5 Å². The second-order valence-corrected chi connectivity index (χ2v) is 6.03. The lowest BCUT2D eigenvalue weighted by molar-refractivity contribution is -0.00700. The Hall–Kier alpha value is -0.120. The maximum atomic E-state index is 5.42. The lowest BCUT2D eigenvalue weighted by Gasteiger charge is -2.49. The van der Waals surface area contributed by atoms with Crippen molar-refractivity contribution >= 4 is 0 Å². The number of nitrogens with one attached hydrogen (secondary N) is 1. The van der Waals surface area contributed by atoms with Gasteiger partial charge in [0.2, 0.25) is 0 Å². The summed E-state index contributed by atoms with van der Waals surface area (Å²) in [6, 6.07) is 0.610. The summed E-state index contributed by atoms with van der Waals surface area (Å²) >= 11 is 0. The summed E-state index contributed by atoms with van der Waals surface area (Å²) in [7, 11) is 1.80. The lowest BCUT2D eigenvalue weighted by atomic mass is 9.89. The van der Waals surface area contributed by atoms with Gasteiger partial charge in [-0.2, -0.15) is 0 Å². The van der Waals surface area contributed by atoms with Crippen LogP contribution < -0.4 is 5.32 Å². The van der Waals surface area contributed by atoms with Crippen LogP contribution in [0.25, 0.3) is 0 Å². The molecule has 1 aliphatic heterocycles. The quantitative estimate of drug-likeness (QED) is 0.799. The fourth-order valence-electron chi connectivity index (χ4n) is 2.46. The van der Waals surface area contributed by atoms with Gasteiger partial charge < -0.3 is 10.1 Å². The highest BCUT2D eigenvalue weighted by Gasteiger charge is 2.37. The van der Waals surface area contributed by atoms with Crippen LogP contribution in [0, 0.1) is 5.92 Å². The molecule has 0 saturated carbocycles. The van der Waals surface area contributed by atoms with Crippen molar-refractivity contribution in [2.45, 2.75) is 58.7 Å². The average molecular weight is 242 g/mol. The molecule has 1 N–H and O–H groups in total. The van der Waals surface area contributed by atoms with E-state index < -0.39 is 0 Å². The standard InChI is InChI=1S/C14H30N2O/c1-7-14(5)10-15-13(11(2)3)9-16(14)8-12(4)17-6/h11-13,15H,7-10H2,1-6H3. The van der Waals surface area contributed by atoms with Gasteiger partial charge in [-0.15, -0.1) is 0 Å². The first-order chi connectivity index (χ1) is 7.92. The van der Waals surface area contributed by atoms with Crippen molar-refractivity contribution in [2.24, 2.45) is 5.92 Å². The number of methoxy groups -OCH3 is 1. The van der Waals surface area contributed by atoms with E-state index >= 15 is 0 Å². The number of hydrogen-bond donors (Lipinski definition) is 1. The van der Waals surface area contributed by atoms with Gasteiger partial charge in [0, 0.05) is 38.3 Å². The molecule has 0 aromatic rings. The molecule has 0 spiro atoms. The van der Waals surface area contributed by atoms with Gasteiger partial charge in [0.25, 0.3) is 0 Å². The van der Waals surface area contributed by atoms with E-state index in [0.29, 0.717) is 18.1 Å². The van der Waals surface area contributed by atoms with Crippen LogP contribution in [-0.4, -0.2) is 49.3 Å². The van der Waals surface area contributed by atoms with Gasteiger partial charge in [-0.1, -0.05) is 20.8 Å². The summed E-state index contributed by atoms with van der Waals surface area (Å²) in [4.78, 5) is 2.61. The summed E-state index contributed by atoms with van der Waals surface area (Å²) in [6.07, 6.45) is 1.49. The molecular formula is C14H30N2O. The monoisotopic (exact) mass is 242 g/mol. The molecule has 1 rings (SSSR count). The minimum Gasteiger partial charge on any atom is -0.380 e. The van der Waals surface area contributed by atoms with E-state index in [0.717, 1.165) is 19.6 Å². The van der Waals surface area contributed by atoms with Gasteiger partial charge in [-0.3, -0.25) is 4.90 Å². The highest BCUT2D eigenvalue weighted by atomic mass is 16.5. The molecule has 3 atom stereocenters. The minimum atomic E-state index is 0.276. The fourth-order valence-corrected chi connectivity index (χ4v) is 2.46. The van der Waals surface area contributed by atoms with Gasteiger partial charge in [0.05, 0.1) is 6.10 Å². The molecular weight excluding hydrogens is 212 g/mol. The van der Waals surface area contributed by atoms with Crippen LogP contribution in [-0.2, 0) is 4.74 Å². The van der Waals surface area contributed by atoms with Crippen LogP contribution in [0.1, 0.15) is 41.0 Å². The molecule has 0 aromatic heterocycles. The van der Waals surface area contributed by atoms with E-state index in [4.69, 9.17) is 4.74 Å². The largest absolute Gasteiger partial charge is 0.380 e. The second-order valence-electron chi connectivity index (χ2n) is 6.03. The van der Waals surface area contributed by atoms with Crippen LogP contribution >= 0.6 is 0 Å². The van der Waals surface area contributed by atoms with Gasteiger partial charge in [-0.25, -0.2) is 0 Å². The first kappa shape index (κ1) is 14.9. The Balaban J connectivity index is 2.69. The lowest BCUT2D eigenvalue weighted by Crippen LogP contribution is -2.65. The molecule has 1 saturated heterocycles. The highest BCUT2D eigenvalue weighted by molar-refractivity contribution is 4.96. The zero-order chi connectivity index (χ0) is 13.1. The number of nitrogens with zero attached hydrogens (tertiary/aromatic N) is 1. The number of piperazine rings is 1. The summed E-state index contributed by atoms with van der Waals surface area (Å²) < 4.78 is 5.42. The molecule has 3 nitrogen and oxygen atoms in total. The van der Waals surface area contributed by atoms with Crippen molar-refractivity contribution in [3.63, 3.8) is 0 Å². The molecule has 1 fully saturated rings. The van der Waals surface area contributed by atoms with Crippen molar-refractivity contribution in [3.8, 4) is 0 Å². The van der Waals surface area contributed by atoms with Crippen LogP contribution in [0.2, 0.25) is 0 Å². The van der Waals surface area contributed by atoms with E-state index in [1.165, 1.54) is 6.42 Å². The zero-order valence-corrected chi connectivity index (χ0v) is 12.4. The Morgan fingerprint density at radius 3 is 2.53 bits per heavy atom. The van der Waals surface area contributed by atoms with Crippen molar-refractivity contribution in [1.82, 2.24) is 10.2 Å². The van der Waals surface area contributed by atoms with E-state index in [9.17, 15) is 0 Å². The Labute approximate surface area is 107 Å². The van der Waals surface area contributed by atoms with E-state index in [2.05, 4.69) is 44.8 Å². The molecule has 0 aromatic carbocycles. The third-order valence-corrected chi connectivity index (χ3v) is 4.37. The van der Waals surface area contributed by atoms with Crippen LogP contribution in [0.15, 0.2) is 0 Å². The average Bonchev–Trinajstić information content (AvgIpc) is 2.31. The van der Waals surface area contributed by atoms with Crippen LogP contribution in [0.4, 0.5) is 0 Å². The molecule has 0 bridgehead atoms. The maximum absolute atomic E-state index is 5.42. The molecule has 3 unspecified atom stereocenters. The third-order valence-electron chi connectivity index (χ3n) is 4.37. The maximum Gasteiger partial charge on any atom is 0.0670 e. The van der Waals surface area contributed by atoms with Gasteiger partial charge in [-0.05, 0) is 26.2 Å². The molecule has 1 aliphatic rings. The molecule has 0 radical (unpaired) electrons. The van der Waals surface area contributed by atoms with E-state index in [1.54, 1.807) is 7.11 Å². The van der Waals surface area contributed by atoms with Gasteiger partial charge in [0.15, 0.2) is 0 Å². The molecule has 0 amide bonds. The third kappa shape index (κ3) is 3.67. The SMILES string of the molecule is CCC1(C)CNC(C(C)C)CN1CC(C)OC. The Bertz CT molecular complexity index is 232. The van der Waals surface area contributed by atoms with E-state index in [-0.39, 0.29) is 5.54 Å². The molecule has 17 heavy (non-hydrogen) atoms. The number of hydrogen-bond acceptors (Lipinski definition) is 3. The first-order valence-electron chi connectivity index (χ1n) is 6.94. The Morgan fingerprint density at radius 2 is 2.06 bits per heavy atom. The van der Waals surface area contributed by atoms with Crippen molar-refractivity contribution in [1.29, 1.82) is 0 Å². The second kappa shape index (κ2) is 6.17. The van der Waals surface area contributed by atoms with E-state index in [1.807, 2.05) is 0 Å². The molecule has 3 heteroatoms. The number of ether oxygens (including phenoxy) is 1. The summed E-state index contributed by atoms with van der Waals surface area (Å²) in [6.45, 7) is 14.6. The smallest absolute Gasteiger partial charge is 0.0670 e. The predicted octanol–water partition coefficient (Wildman–Crippen LogP) is 2.12. The predicted molar refractivity (Wildman–Crippen MR) is 73.4 cm³/mol. The van der Waals surface area contributed by atoms with Crippen molar-refractivity contribution in [3.05, 3.63) is 0 Å². The summed E-state index contributed by atoms with van der Waals surface area (Å²) in [5, 5.41) is 3.70. The van der Waals surface area contributed by atoms with Crippen LogP contribution in [0.5, 0.6) is 0 Å². The minimum absolute atomic E-state index is 0.276. The van der Waals surface area contributed by atoms with Crippen molar-refractivity contribution < 1.29 is 4.74 Å². The number of rotatable bonds is 5. The van der Waals surface area contributed by atoms with Gasteiger partial charge in [0.1, 0.15) is 0 Å². The highest BCUT2D eigenvalue weighted by Crippen LogP contribution is 2.25. The summed E-state index contributed by atoms with van der Waals surface area (Å²) in [5.41, 5.74) is 0.276.